The molecule has 25 nitrogen and oxygen atoms in total. The van der Waals surface area contributed by atoms with Gasteiger partial charge in [0.05, 0.1) is 25.5 Å². The SMILES string of the molecule is C[C@H](N)C(=O)N[C@@H](CCC(=O)O)C(=O)N[C@@H](CCC(=O)O)C(=O)N[C@@H](CC(=O)O)C(=O)N[C@@H](Cc1c[nH]c2ccccc12)C(=O)N[C@@H](CO)C(=O)N[C@@H](CC(=O)O)C(=O)O. The molecule has 1 aromatic heterocycles. The molecule has 0 aliphatic rings. The minimum absolute atomic E-state index is 0.382. The molecule has 25 heteroatoms. The van der Waals surface area contributed by atoms with E-state index in [1.54, 1.807) is 24.3 Å². The predicted octanol–water partition coefficient (Wildman–Crippen LogP) is -4.28. The van der Waals surface area contributed by atoms with E-state index in [1.165, 1.54) is 13.1 Å². The van der Waals surface area contributed by atoms with Gasteiger partial charge in [0, 0.05) is 36.4 Å². The number of fused-ring (bicyclic) bond motifs is 1. The third-order valence-electron chi connectivity index (χ3n) is 8.53. The first kappa shape index (κ1) is 49.0. The van der Waals surface area contributed by atoms with Crippen LogP contribution >= 0.6 is 0 Å². The Morgan fingerprint density at radius 2 is 0.983 bits per heavy atom. The topological polar surface area (TPSA) is 423 Å². The Morgan fingerprint density at radius 3 is 1.48 bits per heavy atom. The van der Waals surface area contributed by atoms with Crippen molar-refractivity contribution in [3.63, 3.8) is 0 Å². The zero-order valence-corrected chi connectivity index (χ0v) is 31.8. The van der Waals surface area contributed by atoms with Gasteiger partial charge in [-0.3, -0.25) is 47.9 Å². The van der Waals surface area contributed by atoms with Crippen LogP contribution in [0.15, 0.2) is 30.5 Å². The van der Waals surface area contributed by atoms with E-state index in [1.807, 2.05) is 5.32 Å². The highest BCUT2D eigenvalue weighted by Crippen LogP contribution is 2.19. The summed E-state index contributed by atoms with van der Waals surface area (Å²) in [6.07, 6.45) is -3.74. The number of nitrogens with two attached hydrogens (primary N) is 1. The van der Waals surface area contributed by atoms with Gasteiger partial charge in [0.2, 0.25) is 35.4 Å². The predicted molar refractivity (Wildman–Crippen MR) is 200 cm³/mol. The molecule has 1 heterocycles. The molecule has 60 heavy (non-hydrogen) atoms. The van der Waals surface area contributed by atoms with E-state index in [9.17, 15) is 73.2 Å². The Morgan fingerprint density at radius 1 is 0.567 bits per heavy atom. The highest BCUT2D eigenvalue weighted by molar-refractivity contribution is 5.99. The second kappa shape index (κ2) is 23.3. The normalized spacial score (nSPS) is 14.4. The molecular weight excluding hydrogens is 804 g/mol. The van der Waals surface area contributed by atoms with Gasteiger partial charge in [0.25, 0.3) is 0 Å². The van der Waals surface area contributed by atoms with Gasteiger partial charge in [0.15, 0.2) is 0 Å². The Balaban J connectivity index is 2.46. The third-order valence-corrected chi connectivity index (χ3v) is 8.53. The summed E-state index contributed by atoms with van der Waals surface area (Å²) in [6, 6.07) is -5.63. The Kier molecular flexibility index (Phi) is 19.0. The number of aromatic amines is 1. The Hall–Kier alpha value is -7.15. The lowest BCUT2D eigenvalue weighted by Gasteiger charge is -2.27. The number of carboxylic acids is 5. The first-order valence-corrected chi connectivity index (χ1v) is 18.0. The van der Waals surface area contributed by atoms with Crippen LogP contribution in [-0.2, 0) is 59.2 Å². The first-order valence-electron chi connectivity index (χ1n) is 18.0. The van der Waals surface area contributed by atoms with E-state index in [0.29, 0.717) is 16.5 Å². The number of hydrogen-bond acceptors (Lipinski definition) is 13. The summed E-state index contributed by atoms with van der Waals surface area (Å²) in [4.78, 5) is 139. The largest absolute Gasteiger partial charge is 0.481 e. The van der Waals surface area contributed by atoms with E-state index in [4.69, 9.17) is 15.9 Å². The number of aromatic nitrogens is 1. The number of nitrogens with one attached hydrogen (secondary N) is 7. The molecule has 0 fully saturated rings. The number of para-hydroxylation sites is 1. The average molecular weight is 851 g/mol. The molecule has 15 N–H and O–H groups in total. The molecule has 0 aliphatic carbocycles. The van der Waals surface area contributed by atoms with Crippen molar-refractivity contribution in [1.29, 1.82) is 0 Å². The van der Waals surface area contributed by atoms with Crippen LogP contribution < -0.4 is 37.6 Å². The zero-order valence-electron chi connectivity index (χ0n) is 31.8. The van der Waals surface area contributed by atoms with Crippen molar-refractivity contribution in [2.75, 3.05) is 6.61 Å². The number of amides is 6. The standard InChI is InChI=1S/C35H46N8O17/c1-15(36)29(53)38-19(6-8-25(45)46)30(54)39-20(7-9-26(47)48)31(55)41-22(11-27(49)50)33(57)40-21(10-16-13-37-18-5-3-2-4-17(16)18)32(56)43-24(14-44)34(58)42-23(35(59)60)12-28(51)52/h2-5,13,15,19-24,37,44H,6-12,14,36H2,1H3,(H,38,53)(H,39,54)(H,40,57)(H,41,55)(H,42,58)(H,43,56)(H,45,46)(H,47,48)(H,49,50)(H,51,52)(H,59,60)/t15-,19-,20-,21-,22-,23-,24-/m0/s1. The smallest absolute Gasteiger partial charge is 0.326 e. The van der Waals surface area contributed by atoms with Gasteiger partial charge >= 0.3 is 29.8 Å². The van der Waals surface area contributed by atoms with E-state index in [2.05, 4.69) is 31.6 Å². The molecule has 6 amide bonds. The summed E-state index contributed by atoms with van der Waals surface area (Å²) in [6.45, 7) is 0.105. The average Bonchev–Trinajstić information content (AvgIpc) is 3.57. The minimum Gasteiger partial charge on any atom is -0.481 e. The fourth-order valence-corrected chi connectivity index (χ4v) is 5.42. The fourth-order valence-electron chi connectivity index (χ4n) is 5.42. The lowest BCUT2D eigenvalue weighted by Crippen LogP contribution is -2.60. The number of aliphatic carboxylic acids is 5. The van der Waals surface area contributed by atoms with Crippen LogP contribution in [0.1, 0.15) is 51.0 Å². The van der Waals surface area contributed by atoms with Crippen molar-refractivity contribution in [3.05, 3.63) is 36.0 Å². The second-order valence-corrected chi connectivity index (χ2v) is 13.3. The van der Waals surface area contributed by atoms with Crippen LogP contribution in [0.4, 0.5) is 0 Å². The van der Waals surface area contributed by atoms with Gasteiger partial charge < -0.3 is 73.3 Å². The van der Waals surface area contributed by atoms with Gasteiger partial charge in [-0.2, -0.15) is 0 Å². The summed E-state index contributed by atoms with van der Waals surface area (Å²) in [7, 11) is 0. The highest BCUT2D eigenvalue weighted by Gasteiger charge is 2.35. The number of carbonyl (C=O) groups excluding carboxylic acids is 6. The van der Waals surface area contributed by atoms with Crippen LogP contribution in [0.3, 0.4) is 0 Å². The summed E-state index contributed by atoms with van der Waals surface area (Å²) in [5.41, 5.74) is 6.49. The van der Waals surface area contributed by atoms with Crippen LogP contribution in [0.2, 0.25) is 0 Å². The molecule has 328 valence electrons. The molecule has 0 aliphatic heterocycles. The van der Waals surface area contributed by atoms with Crippen molar-refractivity contribution in [2.24, 2.45) is 5.73 Å². The molecule has 2 rings (SSSR count). The number of aliphatic hydroxyl groups is 1. The molecule has 0 bridgehead atoms. The van der Waals surface area contributed by atoms with Crippen molar-refractivity contribution in [1.82, 2.24) is 36.9 Å². The van der Waals surface area contributed by atoms with Crippen molar-refractivity contribution in [2.45, 2.75) is 94.2 Å². The highest BCUT2D eigenvalue weighted by atomic mass is 16.4. The molecule has 0 unspecified atom stereocenters. The molecule has 0 saturated heterocycles. The number of carbonyl (C=O) groups is 11. The van der Waals surface area contributed by atoms with Crippen LogP contribution in [-0.4, -0.2) is 150 Å². The maximum absolute atomic E-state index is 13.8. The fraction of sp³-hybridized carbons (Fsp3) is 0.457. The van der Waals surface area contributed by atoms with Gasteiger partial charge in [0.1, 0.15) is 36.3 Å². The maximum Gasteiger partial charge on any atom is 0.326 e. The monoisotopic (exact) mass is 850 g/mol. The number of hydrogen-bond donors (Lipinski definition) is 14. The number of carboxylic acid groups (broad SMARTS) is 5. The van der Waals surface area contributed by atoms with E-state index >= 15 is 0 Å². The number of rotatable bonds is 26. The number of benzene rings is 1. The quantitative estimate of drug-likeness (QED) is 0.0426. The van der Waals surface area contributed by atoms with E-state index in [0.717, 1.165) is 0 Å². The lowest BCUT2D eigenvalue weighted by molar-refractivity contribution is -0.147. The molecule has 0 saturated carbocycles. The van der Waals surface area contributed by atoms with Gasteiger partial charge in [-0.15, -0.1) is 0 Å². The summed E-state index contributed by atoms with van der Waals surface area (Å²) >= 11 is 0. The van der Waals surface area contributed by atoms with Gasteiger partial charge in [-0.1, -0.05) is 18.2 Å². The first-order chi connectivity index (χ1) is 28.1. The van der Waals surface area contributed by atoms with Crippen LogP contribution in [0, 0.1) is 0 Å². The molecule has 0 radical (unpaired) electrons. The molecule has 0 spiro atoms. The zero-order chi connectivity index (χ0) is 45.3. The third kappa shape index (κ3) is 16.0. The number of H-pyrrole nitrogens is 1. The van der Waals surface area contributed by atoms with Gasteiger partial charge in [-0.05, 0) is 31.4 Å². The molecular formula is C35H46N8O17. The number of aliphatic hydroxyl groups excluding tert-OH is 1. The summed E-state index contributed by atoms with van der Waals surface area (Å²) in [5, 5.41) is 69.6. The summed E-state index contributed by atoms with van der Waals surface area (Å²) in [5.74, 6) is -15.1. The van der Waals surface area contributed by atoms with Crippen molar-refractivity contribution >= 4 is 76.2 Å². The molecule has 2 aromatic rings. The van der Waals surface area contributed by atoms with Crippen molar-refractivity contribution < 1.29 is 83.4 Å². The maximum atomic E-state index is 13.8. The second-order valence-electron chi connectivity index (χ2n) is 13.3. The van der Waals surface area contributed by atoms with Gasteiger partial charge in [-0.25, -0.2) is 4.79 Å². The lowest BCUT2D eigenvalue weighted by atomic mass is 10.0. The van der Waals surface area contributed by atoms with E-state index < -0.39 is 159 Å². The van der Waals surface area contributed by atoms with E-state index in [-0.39, 0.29) is 0 Å². The van der Waals surface area contributed by atoms with Crippen molar-refractivity contribution in [3.8, 4) is 0 Å². The molecule has 1 aromatic carbocycles. The Bertz CT molecular complexity index is 1950. The minimum atomic E-state index is -2.05. The molecule has 7 atom stereocenters. The summed E-state index contributed by atoms with van der Waals surface area (Å²) < 4.78 is 0. The van der Waals surface area contributed by atoms with Crippen LogP contribution in [0.5, 0.6) is 0 Å². The van der Waals surface area contributed by atoms with Crippen LogP contribution in [0.25, 0.3) is 10.9 Å². The Labute approximate surface area is 338 Å².